The first-order valence-corrected chi connectivity index (χ1v) is 9.66. The summed E-state index contributed by atoms with van der Waals surface area (Å²) in [6, 6.07) is 13.2. The van der Waals surface area contributed by atoms with Crippen molar-refractivity contribution in [2.24, 2.45) is 5.92 Å². The summed E-state index contributed by atoms with van der Waals surface area (Å²) in [5, 5.41) is 0. The van der Waals surface area contributed by atoms with Crippen molar-refractivity contribution in [3.05, 3.63) is 48.0 Å². The summed E-state index contributed by atoms with van der Waals surface area (Å²) in [6.07, 6.45) is -0.647. The van der Waals surface area contributed by atoms with E-state index < -0.39 is 6.10 Å². The first-order chi connectivity index (χ1) is 13.6. The van der Waals surface area contributed by atoms with Gasteiger partial charge in [0.2, 0.25) is 6.10 Å². The predicted molar refractivity (Wildman–Crippen MR) is 104 cm³/mol. The largest absolute Gasteiger partial charge is 0.486 e. The molecule has 1 amide bonds. The molecule has 0 aliphatic carbocycles. The molecule has 0 saturated carbocycles. The van der Waals surface area contributed by atoms with Crippen LogP contribution in [0.1, 0.15) is 19.4 Å². The number of hydrogen-bond donors (Lipinski definition) is 0. The molecule has 2 aliphatic heterocycles. The van der Waals surface area contributed by atoms with Gasteiger partial charge in [-0.3, -0.25) is 4.79 Å². The van der Waals surface area contributed by atoms with Crippen molar-refractivity contribution in [3.8, 4) is 23.0 Å². The maximum absolute atomic E-state index is 13.2. The summed E-state index contributed by atoms with van der Waals surface area (Å²) in [5.41, 5.74) is 0.996. The van der Waals surface area contributed by atoms with Crippen molar-refractivity contribution in [1.29, 1.82) is 0 Å². The Balaban J connectivity index is 1.50. The molecule has 0 unspecified atom stereocenters. The van der Waals surface area contributed by atoms with Gasteiger partial charge in [-0.25, -0.2) is 0 Å². The number of carbonyl (C=O) groups is 1. The van der Waals surface area contributed by atoms with Gasteiger partial charge in [0, 0.05) is 13.1 Å². The molecule has 4 rings (SSSR count). The van der Waals surface area contributed by atoms with Gasteiger partial charge >= 0.3 is 0 Å². The Labute approximate surface area is 165 Å². The lowest BCUT2D eigenvalue weighted by Gasteiger charge is -2.32. The lowest BCUT2D eigenvalue weighted by molar-refractivity contribution is -0.142. The normalized spacial score (nSPS) is 17.3. The summed E-state index contributed by atoms with van der Waals surface area (Å²) >= 11 is 0. The standard InChI is InChI=1S/C22H25NO5/c1-15(2)12-23(13-16-7-8-18-20(11-16)26-10-9-25-18)22(24)21-14-27-17-5-3-4-6-19(17)28-21/h3-8,11,15,21H,9-10,12-14H2,1-2H3/t21-/m0/s1. The molecule has 0 aromatic heterocycles. The maximum Gasteiger partial charge on any atom is 0.267 e. The number of carbonyl (C=O) groups excluding carboxylic acids is 1. The molecule has 2 heterocycles. The molecule has 2 aromatic rings. The van der Waals surface area contributed by atoms with Gasteiger partial charge in [0.15, 0.2) is 23.0 Å². The van der Waals surface area contributed by atoms with Crippen LogP contribution in [0.15, 0.2) is 42.5 Å². The lowest BCUT2D eigenvalue weighted by atomic mass is 10.1. The van der Waals surface area contributed by atoms with E-state index in [0.717, 1.165) is 17.1 Å². The number of rotatable bonds is 5. The molecule has 0 bridgehead atoms. The third-order valence-corrected chi connectivity index (χ3v) is 4.66. The second-order valence-electron chi connectivity index (χ2n) is 7.45. The van der Waals surface area contributed by atoms with Gasteiger partial charge in [-0.1, -0.05) is 32.0 Å². The highest BCUT2D eigenvalue weighted by Gasteiger charge is 2.31. The SMILES string of the molecule is CC(C)CN(Cc1ccc2c(c1)OCCO2)C(=O)[C@@H]1COc2ccccc2O1. The number of benzene rings is 2. The summed E-state index contributed by atoms with van der Waals surface area (Å²) < 4.78 is 22.9. The maximum atomic E-state index is 13.2. The van der Waals surface area contributed by atoms with Crippen LogP contribution in [0.4, 0.5) is 0 Å². The molecule has 0 spiro atoms. The highest BCUT2D eigenvalue weighted by atomic mass is 16.6. The smallest absolute Gasteiger partial charge is 0.267 e. The summed E-state index contributed by atoms with van der Waals surface area (Å²) in [7, 11) is 0. The second kappa shape index (κ2) is 8.00. The minimum absolute atomic E-state index is 0.0712. The van der Waals surface area contributed by atoms with E-state index >= 15 is 0 Å². The number of nitrogens with zero attached hydrogens (tertiary/aromatic N) is 1. The van der Waals surface area contributed by atoms with E-state index in [1.807, 2.05) is 47.4 Å². The van der Waals surface area contributed by atoms with Crippen molar-refractivity contribution in [2.75, 3.05) is 26.4 Å². The zero-order chi connectivity index (χ0) is 19.5. The Kier molecular flexibility index (Phi) is 5.28. The van der Waals surface area contributed by atoms with Crippen molar-refractivity contribution in [1.82, 2.24) is 4.90 Å². The van der Waals surface area contributed by atoms with Gasteiger partial charge in [0.05, 0.1) is 0 Å². The fraction of sp³-hybridized carbons (Fsp3) is 0.409. The molecular weight excluding hydrogens is 358 g/mol. The zero-order valence-electron chi connectivity index (χ0n) is 16.2. The minimum atomic E-state index is -0.647. The van der Waals surface area contributed by atoms with Crippen molar-refractivity contribution >= 4 is 5.91 Å². The monoisotopic (exact) mass is 383 g/mol. The number of hydrogen-bond acceptors (Lipinski definition) is 5. The molecule has 0 fully saturated rings. The third kappa shape index (κ3) is 4.01. The zero-order valence-corrected chi connectivity index (χ0v) is 16.2. The second-order valence-corrected chi connectivity index (χ2v) is 7.45. The van der Waals surface area contributed by atoms with Gasteiger partial charge in [-0.05, 0) is 35.7 Å². The average molecular weight is 383 g/mol. The third-order valence-electron chi connectivity index (χ3n) is 4.66. The van der Waals surface area contributed by atoms with E-state index in [4.69, 9.17) is 18.9 Å². The van der Waals surface area contributed by atoms with E-state index in [1.165, 1.54) is 0 Å². The fourth-order valence-electron chi connectivity index (χ4n) is 3.42. The summed E-state index contributed by atoms with van der Waals surface area (Å²) in [5.74, 6) is 3.02. The average Bonchev–Trinajstić information content (AvgIpc) is 2.72. The molecule has 0 saturated heterocycles. The van der Waals surface area contributed by atoms with E-state index in [9.17, 15) is 4.79 Å². The number of amides is 1. The van der Waals surface area contributed by atoms with E-state index in [2.05, 4.69) is 13.8 Å². The Morgan fingerprint density at radius 1 is 1.00 bits per heavy atom. The molecule has 2 aliphatic rings. The van der Waals surface area contributed by atoms with Gasteiger partial charge in [-0.2, -0.15) is 0 Å². The van der Waals surface area contributed by atoms with Crippen molar-refractivity contribution in [2.45, 2.75) is 26.5 Å². The molecule has 1 atom stereocenters. The van der Waals surface area contributed by atoms with Crippen LogP contribution >= 0.6 is 0 Å². The topological polar surface area (TPSA) is 57.2 Å². The Morgan fingerprint density at radius 2 is 1.71 bits per heavy atom. The minimum Gasteiger partial charge on any atom is -0.486 e. The van der Waals surface area contributed by atoms with Crippen LogP contribution in [0.2, 0.25) is 0 Å². The lowest BCUT2D eigenvalue weighted by Crippen LogP contribution is -2.47. The van der Waals surface area contributed by atoms with Gasteiger partial charge in [0.1, 0.15) is 19.8 Å². The fourth-order valence-corrected chi connectivity index (χ4v) is 3.42. The first kappa shape index (κ1) is 18.5. The van der Waals surface area contributed by atoms with Crippen LogP contribution < -0.4 is 18.9 Å². The Morgan fingerprint density at radius 3 is 2.50 bits per heavy atom. The molecular formula is C22H25NO5. The Bertz CT molecular complexity index is 851. The number of fused-ring (bicyclic) bond motifs is 2. The van der Waals surface area contributed by atoms with Crippen molar-refractivity contribution < 1.29 is 23.7 Å². The van der Waals surface area contributed by atoms with Gasteiger partial charge < -0.3 is 23.8 Å². The van der Waals surface area contributed by atoms with E-state index in [0.29, 0.717) is 43.7 Å². The molecule has 2 aromatic carbocycles. The summed E-state index contributed by atoms with van der Waals surface area (Å²) in [4.78, 5) is 15.0. The number of para-hydroxylation sites is 2. The van der Waals surface area contributed by atoms with E-state index in [-0.39, 0.29) is 12.5 Å². The van der Waals surface area contributed by atoms with E-state index in [1.54, 1.807) is 0 Å². The molecule has 6 heteroatoms. The molecule has 148 valence electrons. The highest BCUT2D eigenvalue weighted by Crippen LogP contribution is 2.33. The molecule has 0 radical (unpaired) electrons. The van der Waals surface area contributed by atoms with Gasteiger partial charge in [-0.15, -0.1) is 0 Å². The Hall–Kier alpha value is -2.89. The summed E-state index contributed by atoms with van der Waals surface area (Å²) in [6.45, 7) is 6.62. The van der Waals surface area contributed by atoms with Crippen LogP contribution in [-0.4, -0.2) is 43.3 Å². The van der Waals surface area contributed by atoms with Crippen LogP contribution in [0, 0.1) is 5.92 Å². The van der Waals surface area contributed by atoms with Crippen LogP contribution in [0.3, 0.4) is 0 Å². The molecule has 0 N–H and O–H groups in total. The van der Waals surface area contributed by atoms with Gasteiger partial charge in [0.25, 0.3) is 5.91 Å². The number of ether oxygens (including phenoxy) is 4. The molecule has 28 heavy (non-hydrogen) atoms. The molecule has 6 nitrogen and oxygen atoms in total. The highest BCUT2D eigenvalue weighted by molar-refractivity contribution is 5.82. The van der Waals surface area contributed by atoms with Crippen LogP contribution in [0.25, 0.3) is 0 Å². The van der Waals surface area contributed by atoms with Crippen molar-refractivity contribution in [3.63, 3.8) is 0 Å². The predicted octanol–water partition coefficient (Wildman–Crippen LogP) is 3.28. The van der Waals surface area contributed by atoms with Crippen LogP contribution in [0.5, 0.6) is 23.0 Å². The van der Waals surface area contributed by atoms with Crippen LogP contribution in [-0.2, 0) is 11.3 Å². The quantitative estimate of drug-likeness (QED) is 0.793. The first-order valence-electron chi connectivity index (χ1n) is 9.66.